The minimum atomic E-state index is -1.25. The Morgan fingerprint density at radius 3 is 2.32 bits per heavy atom. The number of hydrogen-bond acceptors (Lipinski definition) is 4. The van der Waals surface area contributed by atoms with Gasteiger partial charge in [-0.05, 0) is 6.07 Å². The smallest absolute Gasteiger partial charge is 0.380 e. The van der Waals surface area contributed by atoms with E-state index in [0.29, 0.717) is 5.56 Å². The maximum Gasteiger partial charge on any atom is 0.380 e. The number of ketones is 1. The van der Waals surface area contributed by atoms with Crippen molar-refractivity contribution in [3.8, 4) is 0 Å². The highest BCUT2D eigenvalue weighted by atomic mass is 19.1. The third-order valence-corrected chi connectivity index (χ3v) is 3.41. The van der Waals surface area contributed by atoms with Gasteiger partial charge in [0.1, 0.15) is 11.6 Å². The number of aliphatic hydroxyl groups is 1. The fourth-order valence-corrected chi connectivity index (χ4v) is 2.34. The Balaban J connectivity index is 2.16. The monoisotopic (exact) mass is 298 g/mol. The van der Waals surface area contributed by atoms with E-state index in [1.807, 2.05) is 0 Å². The zero-order valence-electron chi connectivity index (χ0n) is 11.3. The number of Topliss-reactive ketones (excluding diaryl/α,β-unsaturated/α-hetero) is 1. The van der Waals surface area contributed by atoms with Crippen LogP contribution < -0.4 is 0 Å². The first kappa shape index (κ1) is 14.0. The molecular weight excluding hydrogens is 287 g/mol. The number of esters is 1. The molecule has 0 saturated carbocycles. The molecule has 5 heteroatoms. The van der Waals surface area contributed by atoms with Gasteiger partial charge in [-0.2, -0.15) is 0 Å². The summed E-state index contributed by atoms with van der Waals surface area (Å²) in [6.45, 7) is 0. The minimum absolute atomic E-state index is 0.0270. The molecule has 1 N–H and O–H groups in total. The number of hydrogen-bond donors (Lipinski definition) is 1. The summed E-state index contributed by atoms with van der Waals surface area (Å²) in [6.07, 6.45) is -1.25. The number of aliphatic hydroxyl groups excluding tert-OH is 1. The topological polar surface area (TPSA) is 63.6 Å². The van der Waals surface area contributed by atoms with E-state index in [1.54, 1.807) is 36.4 Å². The van der Waals surface area contributed by atoms with Crippen LogP contribution in [0, 0.1) is 5.82 Å². The summed E-state index contributed by atoms with van der Waals surface area (Å²) in [4.78, 5) is 23.6. The first-order valence-corrected chi connectivity index (χ1v) is 6.58. The van der Waals surface area contributed by atoms with E-state index in [-0.39, 0.29) is 16.9 Å². The number of carbonyl (C=O) groups is 2. The molecule has 1 atom stereocenters. The van der Waals surface area contributed by atoms with Crippen LogP contribution >= 0.6 is 0 Å². The van der Waals surface area contributed by atoms with Gasteiger partial charge in [-0.1, -0.05) is 48.5 Å². The molecule has 0 bridgehead atoms. The fraction of sp³-hybridized carbons (Fsp3) is 0.0588. The molecule has 1 aliphatic heterocycles. The van der Waals surface area contributed by atoms with Crippen molar-refractivity contribution in [1.29, 1.82) is 0 Å². The van der Waals surface area contributed by atoms with Gasteiger partial charge in [0.25, 0.3) is 5.78 Å². The van der Waals surface area contributed by atoms with Crippen LogP contribution in [0.5, 0.6) is 0 Å². The van der Waals surface area contributed by atoms with Crippen LogP contribution in [0.3, 0.4) is 0 Å². The lowest BCUT2D eigenvalue weighted by molar-refractivity contribution is -0.149. The molecule has 1 aliphatic rings. The molecular formula is C17H11FO4. The van der Waals surface area contributed by atoms with Crippen molar-refractivity contribution < 1.29 is 23.8 Å². The summed E-state index contributed by atoms with van der Waals surface area (Å²) >= 11 is 0. The van der Waals surface area contributed by atoms with Crippen molar-refractivity contribution in [2.45, 2.75) is 6.10 Å². The highest BCUT2D eigenvalue weighted by Gasteiger charge is 2.43. The standard InChI is InChI=1S/C17H11FO4/c18-12-9-5-4-8-11(12)16-13(15(20)17(21)22-16)14(19)10-6-2-1-3-7-10/h1-9,16,19H/b14-13+. The molecule has 0 amide bonds. The van der Waals surface area contributed by atoms with Crippen LogP contribution in [0.25, 0.3) is 5.76 Å². The Bertz CT molecular complexity index is 780. The van der Waals surface area contributed by atoms with Crippen LogP contribution in [0.1, 0.15) is 17.2 Å². The normalized spacial score (nSPS) is 20.0. The zero-order chi connectivity index (χ0) is 15.7. The quantitative estimate of drug-likeness (QED) is 0.401. The predicted molar refractivity (Wildman–Crippen MR) is 76.2 cm³/mol. The summed E-state index contributed by atoms with van der Waals surface area (Å²) < 4.78 is 18.9. The molecule has 110 valence electrons. The molecule has 4 nitrogen and oxygen atoms in total. The van der Waals surface area contributed by atoms with Gasteiger partial charge in [0.2, 0.25) is 0 Å². The molecule has 1 fully saturated rings. The third-order valence-electron chi connectivity index (χ3n) is 3.41. The SMILES string of the molecule is O=C1OC(c2ccccc2F)/C(=C(/O)c2ccccc2)C1=O. The van der Waals surface area contributed by atoms with E-state index in [1.165, 1.54) is 18.2 Å². The van der Waals surface area contributed by atoms with Gasteiger partial charge < -0.3 is 9.84 Å². The molecule has 2 aromatic rings. The van der Waals surface area contributed by atoms with Crippen molar-refractivity contribution >= 4 is 17.5 Å². The molecule has 2 aromatic carbocycles. The van der Waals surface area contributed by atoms with E-state index in [9.17, 15) is 19.1 Å². The maximum atomic E-state index is 13.9. The Kier molecular flexibility index (Phi) is 3.47. The first-order chi connectivity index (χ1) is 10.6. The molecule has 1 saturated heterocycles. The summed E-state index contributed by atoms with van der Waals surface area (Å²) in [6, 6.07) is 13.9. The van der Waals surface area contributed by atoms with Crippen LogP contribution in [0.2, 0.25) is 0 Å². The molecule has 22 heavy (non-hydrogen) atoms. The average molecular weight is 298 g/mol. The van der Waals surface area contributed by atoms with E-state index in [0.717, 1.165) is 0 Å². The molecule has 0 radical (unpaired) electrons. The molecule has 1 unspecified atom stereocenters. The van der Waals surface area contributed by atoms with E-state index in [2.05, 4.69) is 0 Å². The highest BCUT2D eigenvalue weighted by molar-refractivity contribution is 6.44. The molecule has 0 spiro atoms. The van der Waals surface area contributed by atoms with E-state index >= 15 is 0 Å². The van der Waals surface area contributed by atoms with E-state index in [4.69, 9.17) is 4.74 Å². The number of halogens is 1. The van der Waals surface area contributed by atoms with Gasteiger partial charge in [0, 0.05) is 11.1 Å². The lowest BCUT2D eigenvalue weighted by Crippen LogP contribution is -2.08. The molecule has 1 heterocycles. The summed E-state index contributed by atoms with van der Waals surface area (Å²) in [5.74, 6) is -3.07. The van der Waals surface area contributed by atoms with Crippen LogP contribution in [0.15, 0.2) is 60.2 Å². The summed E-state index contributed by atoms with van der Waals surface area (Å²) in [5.41, 5.74) is 0.131. The molecule has 3 rings (SSSR count). The lowest BCUT2D eigenvalue weighted by Gasteiger charge is -2.13. The summed E-state index contributed by atoms with van der Waals surface area (Å²) in [5, 5.41) is 10.3. The van der Waals surface area contributed by atoms with Gasteiger partial charge in [0.05, 0.1) is 5.57 Å². The average Bonchev–Trinajstić information content (AvgIpc) is 2.83. The zero-order valence-corrected chi connectivity index (χ0v) is 11.3. The van der Waals surface area contributed by atoms with Crippen molar-refractivity contribution in [3.63, 3.8) is 0 Å². The molecule has 0 aliphatic carbocycles. The number of benzene rings is 2. The van der Waals surface area contributed by atoms with Gasteiger partial charge in [0.15, 0.2) is 6.10 Å². The largest absolute Gasteiger partial charge is 0.507 e. The van der Waals surface area contributed by atoms with Gasteiger partial charge >= 0.3 is 5.97 Å². The van der Waals surface area contributed by atoms with Crippen LogP contribution in [0.4, 0.5) is 4.39 Å². The minimum Gasteiger partial charge on any atom is -0.507 e. The highest BCUT2D eigenvalue weighted by Crippen LogP contribution is 2.37. The number of cyclic esters (lactones) is 1. The lowest BCUT2D eigenvalue weighted by atomic mass is 9.96. The number of rotatable bonds is 2. The predicted octanol–water partition coefficient (Wildman–Crippen LogP) is 2.96. The third kappa shape index (κ3) is 2.26. The number of ether oxygens (including phenoxy) is 1. The van der Waals surface area contributed by atoms with Crippen LogP contribution in [-0.2, 0) is 14.3 Å². The Morgan fingerprint density at radius 2 is 1.64 bits per heavy atom. The van der Waals surface area contributed by atoms with Crippen molar-refractivity contribution in [1.82, 2.24) is 0 Å². The Morgan fingerprint density at radius 1 is 1.00 bits per heavy atom. The van der Waals surface area contributed by atoms with Gasteiger partial charge in [-0.3, -0.25) is 4.79 Å². The van der Waals surface area contributed by atoms with Gasteiger partial charge in [-0.25, -0.2) is 9.18 Å². The van der Waals surface area contributed by atoms with Crippen molar-refractivity contribution in [2.75, 3.05) is 0 Å². The van der Waals surface area contributed by atoms with Crippen molar-refractivity contribution in [3.05, 3.63) is 77.1 Å². The second-order valence-electron chi connectivity index (χ2n) is 4.76. The second-order valence-corrected chi connectivity index (χ2v) is 4.76. The summed E-state index contributed by atoms with van der Waals surface area (Å²) in [7, 11) is 0. The molecule has 0 aromatic heterocycles. The van der Waals surface area contributed by atoms with Crippen LogP contribution in [-0.4, -0.2) is 16.9 Å². The fourth-order valence-electron chi connectivity index (χ4n) is 2.34. The Labute approximate surface area is 125 Å². The van der Waals surface area contributed by atoms with Gasteiger partial charge in [-0.15, -0.1) is 0 Å². The van der Waals surface area contributed by atoms with E-state index < -0.39 is 23.7 Å². The Hall–Kier alpha value is -2.95. The van der Waals surface area contributed by atoms with Crippen molar-refractivity contribution in [2.24, 2.45) is 0 Å². The second kappa shape index (κ2) is 5.44. The maximum absolute atomic E-state index is 13.9. The first-order valence-electron chi connectivity index (χ1n) is 6.58. The number of carbonyl (C=O) groups excluding carboxylic acids is 2.